The van der Waals surface area contributed by atoms with Gasteiger partial charge in [-0.2, -0.15) is 9.97 Å². The summed E-state index contributed by atoms with van der Waals surface area (Å²) in [4.78, 5) is 34.4. The first-order valence-electron chi connectivity index (χ1n) is 8.91. The lowest BCUT2D eigenvalue weighted by Crippen LogP contribution is -2.33. The summed E-state index contributed by atoms with van der Waals surface area (Å²) in [5, 5.41) is 0.275. The van der Waals surface area contributed by atoms with Crippen LogP contribution in [0.3, 0.4) is 0 Å². The van der Waals surface area contributed by atoms with Gasteiger partial charge >= 0.3 is 11.8 Å². The van der Waals surface area contributed by atoms with Crippen molar-refractivity contribution < 1.29 is 23.4 Å². The Morgan fingerprint density at radius 2 is 2.17 bits per heavy atom. The van der Waals surface area contributed by atoms with Gasteiger partial charge in [0, 0.05) is 9.67 Å². The van der Waals surface area contributed by atoms with Gasteiger partial charge in [0.1, 0.15) is 6.61 Å². The normalized spacial score (nSPS) is 10.4. The third-order valence-corrected chi connectivity index (χ3v) is 4.35. The van der Waals surface area contributed by atoms with Crippen LogP contribution in [0.1, 0.15) is 12.5 Å². The van der Waals surface area contributed by atoms with Crippen molar-refractivity contribution in [1.82, 2.24) is 9.97 Å². The molecule has 0 unspecified atom stereocenters. The number of carbonyl (C=O) groups is 1. The lowest BCUT2D eigenvalue weighted by Gasteiger charge is -2.21. The van der Waals surface area contributed by atoms with Crippen LogP contribution < -0.4 is 15.4 Å². The Labute approximate surface area is 177 Å². The zero-order valence-electron chi connectivity index (χ0n) is 16.9. The van der Waals surface area contributed by atoms with E-state index in [0.717, 1.165) is 4.90 Å². The predicted octanol–water partition coefficient (Wildman–Crippen LogP) is 3.69. The van der Waals surface area contributed by atoms with Gasteiger partial charge in [-0.3, -0.25) is 4.90 Å². The maximum absolute atomic E-state index is 14.0. The van der Waals surface area contributed by atoms with Crippen LogP contribution in [0.25, 0.3) is 0 Å². The predicted molar refractivity (Wildman–Crippen MR) is 113 cm³/mol. The molecule has 0 radical (unpaired) electrons. The second-order valence-electron chi connectivity index (χ2n) is 5.91. The van der Waals surface area contributed by atoms with Gasteiger partial charge in [-0.1, -0.05) is 30.5 Å². The molecular weight excluding hydrogens is 413 g/mol. The minimum absolute atomic E-state index is 0.00406. The summed E-state index contributed by atoms with van der Waals surface area (Å²) in [5.74, 6) is -0.644. The Hall–Kier alpha value is -3.21. The van der Waals surface area contributed by atoms with Gasteiger partial charge in [0.25, 0.3) is 0 Å². The summed E-state index contributed by atoms with van der Waals surface area (Å²) < 4.78 is 24.9. The number of benzene rings is 1. The molecule has 0 aliphatic heterocycles. The minimum atomic E-state index is -0.747. The SMILES string of the molecule is C=CCOc1cc(CN(C(=O)OCC)c2nc(SC)nc(N)c2[N+](C)=O)ccc1F. The molecule has 2 N–H and O–H groups in total. The molecule has 1 aromatic heterocycles. The monoisotopic (exact) mass is 436 g/mol. The van der Waals surface area contributed by atoms with Gasteiger partial charge in [0.15, 0.2) is 23.8 Å². The van der Waals surface area contributed by atoms with Crippen molar-refractivity contribution in [3.05, 3.63) is 47.1 Å². The van der Waals surface area contributed by atoms with Crippen LogP contribution in [0.2, 0.25) is 0 Å². The molecule has 11 heteroatoms. The number of nitrogen functional groups attached to an aromatic ring is 1. The van der Waals surface area contributed by atoms with Crippen molar-refractivity contribution in [3.8, 4) is 5.75 Å². The van der Waals surface area contributed by atoms with E-state index >= 15 is 0 Å². The molecule has 2 aromatic rings. The number of hydrogen-bond acceptors (Lipinski definition) is 8. The smallest absolute Gasteiger partial charge is 0.415 e. The number of amides is 1. The fourth-order valence-electron chi connectivity index (χ4n) is 2.54. The second-order valence-corrected chi connectivity index (χ2v) is 6.69. The number of halogens is 1. The van der Waals surface area contributed by atoms with Crippen molar-refractivity contribution in [1.29, 1.82) is 0 Å². The zero-order valence-corrected chi connectivity index (χ0v) is 17.7. The Morgan fingerprint density at radius 1 is 1.43 bits per heavy atom. The molecule has 0 spiro atoms. The lowest BCUT2D eigenvalue weighted by atomic mass is 10.2. The third kappa shape index (κ3) is 5.44. The average Bonchev–Trinajstić information content (AvgIpc) is 2.71. The third-order valence-electron chi connectivity index (χ3n) is 3.81. The highest BCUT2D eigenvalue weighted by molar-refractivity contribution is 7.98. The maximum atomic E-state index is 14.0. The number of thioether (sulfide) groups is 1. The van der Waals surface area contributed by atoms with Crippen LogP contribution in [-0.2, 0) is 11.3 Å². The summed E-state index contributed by atoms with van der Waals surface area (Å²) in [6, 6.07) is 4.16. The van der Waals surface area contributed by atoms with Gasteiger partial charge in [-0.05, 0) is 30.9 Å². The first-order chi connectivity index (χ1) is 14.3. The Morgan fingerprint density at radius 3 is 2.77 bits per heavy atom. The van der Waals surface area contributed by atoms with Crippen LogP contribution in [-0.4, -0.2) is 47.3 Å². The highest BCUT2D eigenvalue weighted by Gasteiger charge is 2.32. The van der Waals surface area contributed by atoms with E-state index < -0.39 is 11.9 Å². The van der Waals surface area contributed by atoms with Crippen molar-refractivity contribution >= 4 is 35.2 Å². The van der Waals surface area contributed by atoms with Gasteiger partial charge in [-0.15, -0.1) is 0 Å². The molecule has 1 amide bonds. The maximum Gasteiger partial charge on any atom is 0.415 e. The number of hydrogen-bond donors (Lipinski definition) is 1. The van der Waals surface area contributed by atoms with E-state index in [1.807, 2.05) is 0 Å². The minimum Gasteiger partial charge on any atom is -0.486 e. The quantitative estimate of drug-likeness (QED) is 0.274. The van der Waals surface area contributed by atoms with E-state index in [2.05, 4.69) is 16.5 Å². The van der Waals surface area contributed by atoms with Gasteiger partial charge in [0.05, 0.1) is 13.2 Å². The van der Waals surface area contributed by atoms with E-state index in [4.69, 9.17) is 15.2 Å². The fraction of sp³-hybridized carbons (Fsp3) is 0.316. The van der Waals surface area contributed by atoms with Crippen molar-refractivity contribution in [2.45, 2.75) is 18.6 Å². The molecular formula is C19H23FN5O4S+. The lowest BCUT2D eigenvalue weighted by molar-refractivity contribution is -0.427. The van der Waals surface area contributed by atoms with Gasteiger partial charge in [0.2, 0.25) is 11.6 Å². The Bertz CT molecular complexity index is 957. The number of ether oxygens (including phenoxy) is 2. The standard InChI is InChI=1S/C19H23FN5O4S/c1-5-9-29-14-10-12(7-8-13(14)20)11-25(19(26)28-6-2)17-15(24(3)27)16(21)22-18(23-17)30-4/h5,7-8,10H,1,6,9,11H2,2-4H3,(H2,21,22,23)/q+1. The molecule has 1 heterocycles. The molecule has 160 valence electrons. The summed E-state index contributed by atoms with van der Waals surface area (Å²) in [6.45, 7) is 5.33. The molecule has 0 aliphatic carbocycles. The zero-order chi connectivity index (χ0) is 22.3. The van der Waals surface area contributed by atoms with Crippen molar-refractivity contribution in [3.63, 3.8) is 0 Å². The number of nitroso groups, excluding NO2 is 1. The molecule has 9 nitrogen and oxygen atoms in total. The highest BCUT2D eigenvalue weighted by Crippen LogP contribution is 2.34. The molecule has 0 fully saturated rings. The Kier molecular flexibility index (Phi) is 8.10. The number of rotatable bonds is 9. The number of anilines is 2. The summed E-state index contributed by atoms with van der Waals surface area (Å²) in [6.07, 6.45) is 2.47. The van der Waals surface area contributed by atoms with Crippen LogP contribution in [0.4, 0.5) is 26.5 Å². The van der Waals surface area contributed by atoms with Gasteiger partial charge < -0.3 is 15.2 Å². The topological polar surface area (TPSA) is 111 Å². The summed E-state index contributed by atoms with van der Waals surface area (Å²) in [7, 11) is 1.22. The van der Waals surface area contributed by atoms with Crippen LogP contribution in [0.15, 0.2) is 36.0 Å². The average molecular weight is 436 g/mol. The summed E-state index contributed by atoms with van der Waals surface area (Å²) in [5.41, 5.74) is 6.38. The first-order valence-corrected chi connectivity index (χ1v) is 10.1. The molecule has 0 saturated carbocycles. The molecule has 0 bridgehead atoms. The molecule has 0 aliphatic rings. The van der Waals surface area contributed by atoms with Crippen LogP contribution in [0.5, 0.6) is 5.75 Å². The number of aromatic nitrogens is 2. The molecule has 30 heavy (non-hydrogen) atoms. The second kappa shape index (κ2) is 10.5. The van der Waals surface area contributed by atoms with Gasteiger partial charge in [-0.25, -0.2) is 9.18 Å². The first kappa shape index (κ1) is 23.1. The van der Waals surface area contributed by atoms with E-state index in [1.54, 1.807) is 13.2 Å². The van der Waals surface area contributed by atoms with E-state index in [1.165, 1.54) is 43.1 Å². The molecule has 2 rings (SSSR count). The highest BCUT2D eigenvalue weighted by atomic mass is 32.2. The summed E-state index contributed by atoms with van der Waals surface area (Å²) >= 11 is 1.20. The van der Waals surface area contributed by atoms with Crippen LogP contribution in [0, 0.1) is 10.7 Å². The molecule has 0 saturated heterocycles. The van der Waals surface area contributed by atoms with Crippen molar-refractivity contribution in [2.24, 2.45) is 0 Å². The van der Waals surface area contributed by atoms with E-state index in [-0.39, 0.29) is 48.0 Å². The number of carbonyl (C=O) groups excluding carboxylic acids is 1. The number of nitrogens with zero attached hydrogens (tertiary/aromatic N) is 4. The number of nitrogens with two attached hydrogens (primary N) is 1. The largest absolute Gasteiger partial charge is 0.486 e. The van der Waals surface area contributed by atoms with E-state index in [9.17, 15) is 14.1 Å². The fourth-order valence-corrected chi connectivity index (χ4v) is 2.90. The molecule has 1 aromatic carbocycles. The Balaban J connectivity index is 2.56. The van der Waals surface area contributed by atoms with Crippen molar-refractivity contribution in [2.75, 3.05) is 37.2 Å². The molecule has 0 atom stereocenters. The van der Waals surface area contributed by atoms with E-state index in [0.29, 0.717) is 10.3 Å². The van der Waals surface area contributed by atoms with Crippen LogP contribution >= 0.6 is 11.8 Å².